The summed E-state index contributed by atoms with van der Waals surface area (Å²) in [6, 6.07) is 0. The number of aliphatic imine (C=N–C) groups is 2. The number of alkyl halides is 3. The smallest absolute Gasteiger partial charge is 0.370 e. The van der Waals surface area contributed by atoms with Gasteiger partial charge in [-0.2, -0.15) is 24.9 Å². The number of nitrogens with two attached hydrogens (primary N) is 1. The van der Waals surface area contributed by atoms with Crippen molar-refractivity contribution in [3.8, 4) is 0 Å². The minimum atomic E-state index is -4.41. The molecule has 0 unspecified atom stereocenters. The van der Waals surface area contributed by atoms with Gasteiger partial charge in [0.2, 0.25) is 10.0 Å². The summed E-state index contributed by atoms with van der Waals surface area (Å²) in [5.74, 6) is 0.866. The van der Waals surface area contributed by atoms with Crippen LogP contribution in [0.4, 0.5) is 18.3 Å². The van der Waals surface area contributed by atoms with E-state index in [2.05, 4.69) is 25.0 Å². The molecule has 154 valence electrons. The summed E-state index contributed by atoms with van der Waals surface area (Å²) in [6.07, 6.45) is -1.63. The van der Waals surface area contributed by atoms with Crippen LogP contribution in [0.1, 0.15) is 5.69 Å². The van der Waals surface area contributed by atoms with Crippen molar-refractivity contribution in [3.63, 3.8) is 0 Å². The minimum absolute atomic E-state index is 0.326. The second-order valence-corrected chi connectivity index (χ2v) is 9.41. The molecular weight excluding hydrogens is 445 g/mol. The van der Waals surface area contributed by atoms with Crippen molar-refractivity contribution in [2.24, 2.45) is 15.7 Å². The molecule has 0 aliphatic rings. The van der Waals surface area contributed by atoms with Crippen LogP contribution in [0.2, 0.25) is 0 Å². The van der Waals surface area contributed by atoms with E-state index in [-0.39, 0.29) is 5.96 Å². The molecule has 0 radical (unpaired) electrons. The first-order valence-electron chi connectivity index (χ1n) is 7.20. The number of nitrogens with one attached hydrogen (secondary N) is 2. The molecule has 1 aromatic rings. The highest BCUT2D eigenvalue weighted by Crippen LogP contribution is 2.20. The van der Waals surface area contributed by atoms with E-state index < -0.39 is 22.7 Å². The minimum Gasteiger partial charge on any atom is -0.370 e. The maximum absolute atomic E-state index is 12.1. The molecule has 1 aromatic heterocycles. The standard InChI is InChI=1S/C12H19F3N6O2S4/c1-24-10(21-27(2,22)23)17-3-4-25-5-8-6-26-11(19-8)20-9(16)18-7-12(13,14)15/h6H,3-5,7H2,1-2H3,(H,17,21)(H3,16,18,19,20). The van der Waals surface area contributed by atoms with Gasteiger partial charge in [0.05, 0.1) is 18.5 Å². The summed E-state index contributed by atoms with van der Waals surface area (Å²) < 4.78 is 60.8. The third-order valence-electron chi connectivity index (χ3n) is 2.42. The van der Waals surface area contributed by atoms with E-state index in [1.807, 2.05) is 0 Å². The molecule has 0 atom stereocenters. The van der Waals surface area contributed by atoms with Crippen LogP contribution in [0.25, 0.3) is 0 Å². The van der Waals surface area contributed by atoms with Crippen LogP contribution in [-0.4, -0.2) is 62.1 Å². The lowest BCUT2D eigenvalue weighted by atomic mass is 10.6. The number of halogens is 3. The number of thioether (sulfide) groups is 2. The maximum atomic E-state index is 12.1. The van der Waals surface area contributed by atoms with Crippen LogP contribution in [0.15, 0.2) is 15.4 Å². The molecular formula is C12H19F3N6O2S4. The van der Waals surface area contributed by atoms with E-state index in [0.717, 1.165) is 11.9 Å². The number of nitrogens with zero attached hydrogens (tertiary/aromatic N) is 3. The number of hydrogen-bond acceptors (Lipinski definition) is 8. The zero-order valence-electron chi connectivity index (χ0n) is 14.4. The predicted octanol–water partition coefficient (Wildman–Crippen LogP) is 1.93. The number of hydrogen-bond donors (Lipinski definition) is 3. The van der Waals surface area contributed by atoms with E-state index in [1.165, 1.54) is 34.9 Å². The highest BCUT2D eigenvalue weighted by atomic mass is 32.2. The molecule has 27 heavy (non-hydrogen) atoms. The average molecular weight is 465 g/mol. The van der Waals surface area contributed by atoms with E-state index in [4.69, 9.17) is 5.73 Å². The Hall–Kier alpha value is -1.19. The Bertz CT molecular complexity index is 763. The summed E-state index contributed by atoms with van der Waals surface area (Å²) in [5.41, 5.74) is 6.12. The maximum Gasteiger partial charge on any atom is 0.408 e. The molecule has 0 bridgehead atoms. The Labute approximate surface area is 167 Å². The lowest BCUT2D eigenvalue weighted by molar-refractivity contribution is -0.118. The fraction of sp³-hybridized carbons (Fsp3) is 0.583. The first-order chi connectivity index (χ1) is 12.5. The number of amidine groups is 1. The molecule has 0 saturated heterocycles. The Morgan fingerprint density at radius 1 is 1.41 bits per heavy atom. The predicted molar refractivity (Wildman–Crippen MR) is 108 cm³/mol. The number of anilines is 1. The van der Waals surface area contributed by atoms with Gasteiger partial charge >= 0.3 is 6.18 Å². The number of rotatable bonds is 8. The van der Waals surface area contributed by atoms with E-state index in [1.54, 1.807) is 11.6 Å². The number of aromatic nitrogens is 1. The van der Waals surface area contributed by atoms with Crippen molar-refractivity contribution >= 4 is 61.1 Å². The van der Waals surface area contributed by atoms with E-state index >= 15 is 0 Å². The van der Waals surface area contributed by atoms with Crippen LogP contribution in [0.5, 0.6) is 0 Å². The quantitative estimate of drug-likeness (QED) is 0.305. The summed E-state index contributed by atoms with van der Waals surface area (Å²) in [7, 11) is -3.35. The molecule has 1 rings (SSSR count). The summed E-state index contributed by atoms with van der Waals surface area (Å²) >= 11 is 3.94. The van der Waals surface area contributed by atoms with Gasteiger partial charge in [-0.3, -0.25) is 9.71 Å². The molecule has 1 heterocycles. The summed E-state index contributed by atoms with van der Waals surface area (Å²) in [5, 5.41) is 4.96. The van der Waals surface area contributed by atoms with Crippen molar-refractivity contribution in [1.82, 2.24) is 9.71 Å². The summed E-state index contributed by atoms with van der Waals surface area (Å²) in [6.45, 7) is -0.928. The molecule has 0 fully saturated rings. The van der Waals surface area contributed by atoms with Gasteiger partial charge in [0.15, 0.2) is 16.3 Å². The molecule has 8 nitrogen and oxygen atoms in total. The van der Waals surface area contributed by atoms with Crippen LogP contribution in [0.3, 0.4) is 0 Å². The Morgan fingerprint density at radius 3 is 2.70 bits per heavy atom. The molecule has 0 spiro atoms. The lowest BCUT2D eigenvalue weighted by Crippen LogP contribution is -2.27. The first-order valence-corrected chi connectivity index (χ1v) is 12.4. The molecule has 0 aliphatic carbocycles. The molecule has 4 N–H and O–H groups in total. The Balaban J connectivity index is 2.39. The van der Waals surface area contributed by atoms with Crippen molar-refractivity contribution in [2.75, 3.05) is 36.7 Å². The average Bonchev–Trinajstić information content (AvgIpc) is 2.97. The highest BCUT2D eigenvalue weighted by molar-refractivity contribution is 8.14. The Kier molecular flexibility index (Phi) is 9.69. The third kappa shape index (κ3) is 12.0. The number of guanidine groups is 1. The van der Waals surface area contributed by atoms with Gasteiger partial charge in [-0.1, -0.05) is 11.8 Å². The molecule has 15 heteroatoms. The number of thiazole rings is 1. The summed E-state index contributed by atoms with van der Waals surface area (Å²) in [4.78, 5) is 11.6. The normalized spacial score (nSPS) is 13.7. The zero-order valence-corrected chi connectivity index (χ0v) is 17.7. The van der Waals surface area contributed by atoms with Crippen LogP contribution in [0, 0.1) is 0 Å². The zero-order chi connectivity index (χ0) is 20.5. The molecule has 0 aromatic carbocycles. The van der Waals surface area contributed by atoms with E-state index in [0.29, 0.717) is 28.3 Å². The second-order valence-electron chi connectivity index (χ2n) is 4.90. The molecule has 0 amide bonds. The first kappa shape index (κ1) is 23.8. The largest absolute Gasteiger partial charge is 0.408 e. The van der Waals surface area contributed by atoms with Gasteiger partial charge in [0.25, 0.3) is 0 Å². The van der Waals surface area contributed by atoms with Gasteiger partial charge in [0.1, 0.15) is 6.54 Å². The van der Waals surface area contributed by atoms with Crippen molar-refractivity contribution in [3.05, 3.63) is 11.1 Å². The SMILES string of the molecule is CSC(=NCCSCc1csc(NC(N)=NCC(F)(F)F)n1)NS(C)(=O)=O. The monoisotopic (exact) mass is 464 g/mol. The topological polar surface area (TPSA) is 122 Å². The second kappa shape index (κ2) is 11.0. The Morgan fingerprint density at radius 2 is 2.11 bits per heavy atom. The fourth-order valence-electron chi connectivity index (χ4n) is 1.44. The molecule has 0 aliphatic heterocycles. The molecule has 0 saturated carbocycles. The lowest BCUT2D eigenvalue weighted by Gasteiger charge is -2.05. The van der Waals surface area contributed by atoms with Gasteiger partial charge < -0.3 is 11.1 Å². The van der Waals surface area contributed by atoms with Crippen LogP contribution in [-0.2, 0) is 15.8 Å². The van der Waals surface area contributed by atoms with Crippen molar-refractivity contribution in [2.45, 2.75) is 11.9 Å². The van der Waals surface area contributed by atoms with Gasteiger partial charge in [-0.25, -0.2) is 18.4 Å². The van der Waals surface area contributed by atoms with Gasteiger partial charge in [0, 0.05) is 16.9 Å². The van der Waals surface area contributed by atoms with Crippen LogP contribution < -0.4 is 15.8 Å². The van der Waals surface area contributed by atoms with Gasteiger partial charge in [-0.05, 0) is 6.26 Å². The highest BCUT2D eigenvalue weighted by Gasteiger charge is 2.26. The third-order valence-corrected chi connectivity index (χ3v) is 5.51. The van der Waals surface area contributed by atoms with E-state index in [9.17, 15) is 21.6 Å². The van der Waals surface area contributed by atoms with Crippen molar-refractivity contribution in [1.29, 1.82) is 0 Å². The number of sulfonamides is 1. The van der Waals surface area contributed by atoms with Crippen molar-refractivity contribution < 1.29 is 21.6 Å². The fourth-order valence-corrected chi connectivity index (χ4v) is 4.37. The van der Waals surface area contributed by atoms with Gasteiger partial charge in [-0.15, -0.1) is 11.3 Å². The van der Waals surface area contributed by atoms with Crippen LogP contribution >= 0.6 is 34.9 Å².